The lowest BCUT2D eigenvalue weighted by molar-refractivity contribution is 0.343. The Morgan fingerprint density at radius 1 is 0.957 bits per heavy atom. The number of halogens is 1. The van der Waals surface area contributed by atoms with Crippen LogP contribution in [-0.4, -0.2) is 30.1 Å². The molecule has 1 heterocycles. The highest BCUT2D eigenvalue weighted by Crippen LogP contribution is 2.59. The van der Waals surface area contributed by atoms with Gasteiger partial charge in [0.1, 0.15) is 11.6 Å². The van der Waals surface area contributed by atoms with Crippen LogP contribution < -0.4 is 5.32 Å². The minimum absolute atomic E-state index is 0.136. The topological polar surface area (TPSA) is 140 Å². The smallest absolute Gasteiger partial charge is 0.346 e. The zero-order chi connectivity index (χ0) is 17.3. The largest absolute Gasteiger partial charge is 0.360 e. The lowest BCUT2D eigenvalue weighted by Crippen LogP contribution is -2.20. The summed E-state index contributed by atoms with van der Waals surface area (Å²) in [4.78, 5) is 40.1. The number of aromatic nitrogens is 1. The second kappa shape index (κ2) is 6.49. The molecular weight excluding hydrogens is 349 g/mol. The number of anilines is 1. The van der Waals surface area contributed by atoms with Gasteiger partial charge in [-0.2, -0.15) is 0 Å². The summed E-state index contributed by atoms with van der Waals surface area (Å²) in [7, 11) is -10.2. The molecule has 0 unspecified atom stereocenters. The van der Waals surface area contributed by atoms with Gasteiger partial charge < -0.3 is 24.9 Å². The molecule has 8 nitrogen and oxygen atoms in total. The van der Waals surface area contributed by atoms with Gasteiger partial charge in [0.15, 0.2) is 0 Å². The number of nitrogens with one attached hydrogen (secondary N) is 1. The molecule has 0 bridgehead atoms. The molecule has 0 aliphatic rings. The Balaban J connectivity index is 2.34. The van der Waals surface area contributed by atoms with Gasteiger partial charge in [-0.05, 0) is 35.4 Å². The Hall–Kier alpha value is -1.60. The number of nitrogens with zero attached hydrogens (tertiary/aromatic N) is 1. The first kappa shape index (κ1) is 17.7. The molecule has 2 rings (SSSR count). The van der Waals surface area contributed by atoms with Gasteiger partial charge in [-0.1, -0.05) is 12.1 Å². The van der Waals surface area contributed by atoms with Crippen LogP contribution in [0.5, 0.6) is 0 Å². The van der Waals surface area contributed by atoms with E-state index in [1.54, 1.807) is 6.07 Å². The Kier molecular flexibility index (Phi) is 5.01. The van der Waals surface area contributed by atoms with Crippen molar-refractivity contribution in [2.45, 2.75) is 5.52 Å². The fourth-order valence-electron chi connectivity index (χ4n) is 1.83. The third-order valence-corrected chi connectivity index (χ3v) is 6.19. The Bertz CT molecular complexity index is 766. The van der Waals surface area contributed by atoms with E-state index in [1.807, 2.05) is 0 Å². The summed E-state index contributed by atoms with van der Waals surface area (Å²) < 4.78 is 35.4. The molecule has 0 fully saturated rings. The zero-order valence-corrected chi connectivity index (χ0v) is 13.2. The summed E-state index contributed by atoms with van der Waals surface area (Å²) in [5, 5.41) is 2.07. The Morgan fingerprint density at radius 2 is 1.52 bits per heavy atom. The average molecular weight is 362 g/mol. The summed E-state index contributed by atoms with van der Waals surface area (Å²) in [6.07, 6.45) is 1.29. The highest BCUT2D eigenvalue weighted by molar-refractivity contribution is 7.71. The van der Waals surface area contributed by atoms with E-state index in [0.29, 0.717) is 11.1 Å². The molecule has 0 atom stereocenters. The third-order valence-electron chi connectivity index (χ3n) is 2.85. The second-order valence-corrected chi connectivity index (χ2v) is 8.43. The van der Waals surface area contributed by atoms with Gasteiger partial charge in [0.2, 0.25) is 5.52 Å². The van der Waals surface area contributed by atoms with Gasteiger partial charge in [0.05, 0.1) is 0 Å². The normalized spacial score (nSPS) is 12.4. The molecule has 0 amide bonds. The molecule has 0 spiro atoms. The van der Waals surface area contributed by atoms with E-state index in [-0.39, 0.29) is 5.82 Å². The van der Waals surface area contributed by atoms with E-state index in [1.165, 1.54) is 36.5 Å². The Morgan fingerprint density at radius 3 is 2.04 bits per heavy atom. The predicted molar refractivity (Wildman–Crippen MR) is 81.1 cm³/mol. The van der Waals surface area contributed by atoms with Gasteiger partial charge in [0.25, 0.3) is 0 Å². The molecule has 0 aliphatic heterocycles. The van der Waals surface area contributed by atoms with Gasteiger partial charge in [-0.3, -0.25) is 9.13 Å². The van der Waals surface area contributed by atoms with Gasteiger partial charge in [0, 0.05) is 6.20 Å². The van der Waals surface area contributed by atoms with Crippen LogP contribution in [0.1, 0.15) is 0 Å². The summed E-state index contributed by atoms with van der Waals surface area (Å²) in [5.41, 5.74) is -1.27. The fourth-order valence-corrected chi connectivity index (χ4v) is 4.00. The molecule has 0 radical (unpaired) electrons. The fraction of sp³-hybridized carbons (Fsp3) is 0.0833. The number of hydrogen-bond acceptors (Lipinski definition) is 4. The van der Waals surface area contributed by atoms with Crippen molar-refractivity contribution in [2.24, 2.45) is 0 Å². The summed E-state index contributed by atoms with van der Waals surface area (Å²) in [5.74, 6) is -0.562. The summed E-state index contributed by atoms with van der Waals surface area (Å²) in [6.45, 7) is 0. The van der Waals surface area contributed by atoms with Crippen molar-refractivity contribution in [1.82, 2.24) is 4.98 Å². The first-order chi connectivity index (χ1) is 10.6. The number of rotatable bonds is 5. The van der Waals surface area contributed by atoms with Crippen molar-refractivity contribution < 1.29 is 33.1 Å². The number of benzene rings is 1. The number of pyridine rings is 1. The molecule has 2 aromatic rings. The highest BCUT2D eigenvalue weighted by Gasteiger charge is 2.43. The van der Waals surface area contributed by atoms with Crippen molar-refractivity contribution >= 4 is 21.0 Å². The van der Waals surface area contributed by atoms with Crippen molar-refractivity contribution in [3.8, 4) is 11.1 Å². The molecule has 0 aliphatic carbocycles. The average Bonchev–Trinajstić information content (AvgIpc) is 2.43. The predicted octanol–water partition coefficient (Wildman–Crippen LogP) is 1.94. The molecule has 0 saturated carbocycles. The second-order valence-electron chi connectivity index (χ2n) is 4.63. The third kappa shape index (κ3) is 4.68. The van der Waals surface area contributed by atoms with E-state index in [0.717, 1.165) is 0 Å². The summed E-state index contributed by atoms with van der Waals surface area (Å²) in [6, 6.07) is 8.33. The van der Waals surface area contributed by atoms with Crippen LogP contribution in [0, 0.1) is 5.82 Å². The quantitative estimate of drug-likeness (QED) is 0.509. The maximum absolute atomic E-state index is 12.9. The van der Waals surface area contributed by atoms with Crippen molar-refractivity contribution in [3.63, 3.8) is 0 Å². The molecule has 1 aromatic carbocycles. The van der Waals surface area contributed by atoms with Crippen LogP contribution >= 0.6 is 15.2 Å². The first-order valence-corrected chi connectivity index (χ1v) is 9.52. The van der Waals surface area contributed by atoms with Crippen molar-refractivity contribution in [2.75, 3.05) is 5.32 Å². The standard InChI is InChI=1S/C12H13FN2O6P2/c13-10-3-1-8(2-4-10)9-5-6-14-11(7-9)15-12(22(16,17)18)23(19,20)21/h1-7,12H,(H,14,15)(H2,16,17,18)(H2,19,20,21). The zero-order valence-electron chi connectivity index (χ0n) is 11.4. The van der Waals surface area contributed by atoms with Crippen LogP contribution in [0.4, 0.5) is 10.2 Å². The van der Waals surface area contributed by atoms with E-state index in [9.17, 15) is 13.5 Å². The van der Waals surface area contributed by atoms with Gasteiger partial charge >= 0.3 is 15.2 Å². The van der Waals surface area contributed by atoms with Crippen LogP contribution in [0.15, 0.2) is 42.6 Å². The summed E-state index contributed by atoms with van der Waals surface area (Å²) >= 11 is 0. The van der Waals surface area contributed by atoms with Crippen LogP contribution in [-0.2, 0) is 9.13 Å². The van der Waals surface area contributed by atoms with E-state index in [2.05, 4.69) is 10.3 Å². The van der Waals surface area contributed by atoms with E-state index in [4.69, 9.17) is 19.6 Å². The Labute approximate surface area is 130 Å². The lowest BCUT2D eigenvalue weighted by atomic mass is 10.1. The maximum Gasteiger partial charge on any atom is 0.360 e. The molecule has 23 heavy (non-hydrogen) atoms. The molecule has 11 heteroatoms. The molecule has 0 saturated heterocycles. The van der Waals surface area contributed by atoms with Gasteiger partial charge in [-0.15, -0.1) is 0 Å². The minimum atomic E-state index is -5.12. The number of hydrogen-bond donors (Lipinski definition) is 5. The first-order valence-electron chi connectivity index (χ1n) is 6.16. The van der Waals surface area contributed by atoms with E-state index < -0.39 is 26.5 Å². The molecular formula is C12H13FN2O6P2. The molecule has 5 N–H and O–H groups in total. The minimum Gasteiger partial charge on any atom is -0.346 e. The van der Waals surface area contributed by atoms with Crippen LogP contribution in [0.2, 0.25) is 0 Å². The van der Waals surface area contributed by atoms with Crippen molar-refractivity contribution in [1.29, 1.82) is 0 Å². The SMILES string of the molecule is O=P(O)(O)C(Nc1cc(-c2ccc(F)cc2)ccn1)P(=O)(O)O. The highest BCUT2D eigenvalue weighted by atomic mass is 31.2. The lowest BCUT2D eigenvalue weighted by Gasteiger charge is -2.21. The van der Waals surface area contributed by atoms with Crippen LogP contribution in [0.25, 0.3) is 11.1 Å². The van der Waals surface area contributed by atoms with Crippen molar-refractivity contribution in [3.05, 3.63) is 48.4 Å². The monoisotopic (exact) mass is 362 g/mol. The molecule has 1 aromatic heterocycles. The van der Waals surface area contributed by atoms with Crippen LogP contribution in [0.3, 0.4) is 0 Å². The molecule has 124 valence electrons. The van der Waals surface area contributed by atoms with E-state index >= 15 is 0 Å². The maximum atomic E-state index is 12.9. The van der Waals surface area contributed by atoms with Gasteiger partial charge in [-0.25, -0.2) is 9.37 Å².